The number of hydrogen-bond donors (Lipinski definition) is 1. The van der Waals surface area contributed by atoms with Gasteiger partial charge in [0.25, 0.3) is 0 Å². The Morgan fingerprint density at radius 2 is 1.72 bits per heavy atom. The summed E-state index contributed by atoms with van der Waals surface area (Å²) in [4.78, 5) is 14.9. The predicted octanol–water partition coefficient (Wildman–Crippen LogP) is 4.96. The van der Waals surface area contributed by atoms with E-state index in [2.05, 4.69) is 0 Å². The summed E-state index contributed by atoms with van der Waals surface area (Å²) in [5, 5.41) is 0.934. The maximum Gasteiger partial charge on any atom is 0.345 e. The first-order chi connectivity index (χ1) is 12.2. The molecule has 4 heteroatoms. The lowest BCUT2D eigenvalue weighted by Gasteiger charge is -2.11. The van der Waals surface area contributed by atoms with Crippen LogP contribution >= 0.6 is 11.3 Å². The number of para-hydroxylation sites is 1. The Kier molecular flexibility index (Phi) is 3.99. The van der Waals surface area contributed by atoms with E-state index < -0.39 is 0 Å². The smallest absolute Gasteiger partial charge is 0.345 e. The van der Waals surface area contributed by atoms with E-state index in [1.165, 1.54) is 0 Å². The monoisotopic (exact) mass is 347 g/mol. The van der Waals surface area contributed by atoms with Crippen molar-refractivity contribution in [1.29, 1.82) is 0 Å². The van der Waals surface area contributed by atoms with Gasteiger partial charge in [0.2, 0.25) is 0 Å². The summed E-state index contributed by atoms with van der Waals surface area (Å²) < 4.78 is 5.59. The first-order valence-electron chi connectivity index (χ1n) is 8.09. The molecule has 2 aromatic heterocycles. The molecule has 4 rings (SSSR count). The van der Waals surface area contributed by atoms with Crippen LogP contribution in [0.3, 0.4) is 0 Å². The molecule has 0 saturated heterocycles. The second-order valence-corrected chi connectivity index (χ2v) is 7.23. The number of nitrogens with two attached hydrogens (primary N) is 1. The highest BCUT2D eigenvalue weighted by atomic mass is 32.1. The number of aryl methyl sites for hydroxylation is 1. The average Bonchev–Trinajstić information content (AvgIpc) is 3.06. The quantitative estimate of drug-likeness (QED) is 0.533. The molecule has 0 aliphatic heterocycles. The summed E-state index contributed by atoms with van der Waals surface area (Å²) in [6.07, 6.45) is 0. The molecule has 0 fully saturated rings. The summed E-state index contributed by atoms with van der Waals surface area (Å²) >= 11 is 1.60. The molecule has 0 aliphatic rings. The van der Waals surface area contributed by atoms with Crippen molar-refractivity contribution in [3.8, 4) is 21.6 Å². The molecule has 2 N–H and O–H groups in total. The first kappa shape index (κ1) is 15.8. The minimum atomic E-state index is -0.307. The van der Waals surface area contributed by atoms with Gasteiger partial charge in [-0.05, 0) is 36.2 Å². The molecule has 0 radical (unpaired) electrons. The largest absolute Gasteiger partial charge is 0.422 e. The summed E-state index contributed by atoms with van der Waals surface area (Å²) in [6.45, 7) is 2.53. The van der Waals surface area contributed by atoms with Crippen molar-refractivity contribution in [2.75, 3.05) is 0 Å². The molecule has 0 aliphatic carbocycles. The van der Waals surface area contributed by atoms with Crippen LogP contribution in [-0.2, 0) is 6.54 Å². The fraction of sp³-hybridized carbons (Fsp3) is 0.0952. The standard InChI is InChI=1S/C21H17NO2S/c1-13-6-11-18(25-13)20-19(15-9-7-14(12-22)8-10-15)16-4-2-3-5-17(16)24-21(20)23/h2-11H,12,22H2,1H3. The van der Waals surface area contributed by atoms with Gasteiger partial charge in [-0.25, -0.2) is 4.79 Å². The van der Waals surface area contributed by atoms with Gasteiger partial charge in [0.1, 0.15) is 5.58 Å². The van der Waals surface area contributed by atoms with E-state index in [-0.39, 0.29) is 5.63 Å². The Morgan fingerprint density at radius 1 is 0.960 bits per heavy atom. The molecule has 0 bridgehead atoms. The van der Waals surface area contributed by atoms with Crippen molar-refractivity contribution < 1.29 is 4.42 Å². The van der Waals surface area contributed by atoms with Crippen LogP contribution < -0.4 is 11.4 Å². The topological polar surface area (TPSA) is 56.2 Å². The van der Waals surface area contributed by atoms with Gasteiger partial charge in [-0.15, -0.1) is 11.3 Å². The number of rotatable bonds is 3. The van der Waals surface area contributed by atoms with E-state index in [1.54, 1.807) is 11.3 Å². The summed E-state index contributed by atoms with van der Waals surface area (Å²) in [6, 6.07) is 19.7. The molecule has 25 heavy (non-hydrogen) atoms. The normalized spacial score (nSPS) is 11.1. The maximum atomic E-state index is 12.8. The van der Waals surface area contributed by atoms with Crippen LogP contribution in [0, 0.1) is 6.92 Å². The molecule has 0 atom stereocenters. The van der Waals surface area contributed by atoms with Gasteiger partial charge in [0.15, 0.2) is 0 Å². The Morgan fingerprint density at radius 3 is 2.40 bits per heavy atom. The zero-order valence-electron chi connectivity index (χ0n) is 13.8. The fourth-order valence-corrected chi connectivity index (χ4v) is 3.96. The molecule has 3 nitrogen and oxygen atoms in total. The van der Waals surface area contributed by atoms with E-state index in [9.17, 15) is 4.79 Å². The molecule has 124 valence electrons. The molecule has 2 aromatic carbocycles. The molecular formula is C21H17NO2S. The highest BCUT2D eigenvalue weighted by molar-refractivity contribution is 7.15. The number of hydrogen-bond acceptors (Lipinski definition) is 4. The third-order valence-corrected chi connectivity index (χ3v) is 5.30. The van der Waals surface area contributed by atoms with E-state index in [1.807, 2.05) is 67.6 Å². The summed E-state index contributed by atoms with van der Waals surface area (Å²) in [5.41, 5.74) is 9.59. The molecule has 2 heterocycles. The summed E-state index contributed by atoms with van der Waals surface area (Å²) in [5.74, 6) is 0. The van der Waals surface area contributed by atoms with E-state index in [0.717, 1.165) is 31.8 Å². The molecular weight excluding hydrogens is 330 g/mol. The Labute approximate surface area is 149 Å². The second-order valence-electron chi connectivity index (χ2n) is 5.95. The van der Waals surface area contributed by atoms with Crippen molar-refractivity contribution in [2.45, 2.75) is 13.5 Å². The molecule has 0 unspecified atom stereocenters. The van der Waals surface area contributed by atoms with Crippen molar-refractivity contribution in [3.63, 3.8) is 0 Å². The lowest BCUT2D eigenvalue weighted by molar-refractivity contribution is 0.564. The van der Waals surface area contributed by atoms with E-state index in [0.29, 0.717) is 17.7 Å². The van der Waals surface area contributed by atoms with Gasteiger partial charge in [0.05, 0.1) is 5.56 Å². The minimum absolute atomic E-state index is 0.307. The third kappa shape index (κ3) is 2.80. The van der Waals surface area contributed by atoms with Gasteiger partial charge >= 0.3 is 5.63 Å². The lowest BCUT2D eigenvalue weighted by atomic mass is 9.95. The van der Waals surface area contributed by atoms with Gasteiger partial charge in [-0.2, -0.15) is 0 Å². The Hall–Kier alpha value is -2.69. The van der Waals surface area contributed by atoms with Crippen LogP contribution in [0.1, 0.15) is 10.4 Å². The number of benzene rings is 2. The SMILES string of the molecule is Cc1ccc(-c2c(-c3ccc(CN)cc3)c3ccccc3oc2=O)s1. The molecule has 0 amide bonds. The second kappa shape index (κ2) is 6.31. The van der Waals surface area contributed by atoms with Gasteiger partial charge in [-0.1, -0.05) is 42.5 Å². The van der Waals surface area contributed by atoms with Crippen molar-refractivity contribution in [3.05, 3.63) is 81.5 Å². The maximum absolute atomic E-state index is 12.8. The minimum Gasteiger partial charge on any atom is -0.422 e. The molecule has 0 spiro atoms. The van der Waals surface area contributed by atoms with Gasteiger partial charge in [-0.3, -0.25) is 0 Å². The van der Waals surface area contributed by atoms with Crippen molar-refractivity contribution >= 4 is 22.3 Å². The van der Waals surface area contributed by atoms with Crippen LogP contribution in [0.25, 0.3) is 32.5 Å². The lowest BCUT2D eigenvalue weighted by Crippen LogP contribution is -2.05. The summed E-state index contributed by atoms with van der Waals surface area (Å²) in [7, 11) is 0. The van der Waals surface area contributed by atoms with Gasteiger partial charge < -0.3 is 10.2 Å². The van der Waals surface area contributed by atoms with Gasteiger partial charge in [0, 0.05) is 27.2 Å². The van der Waals surface area contributed by atoms with E-state index in [4.69, 9.17) is 10.2 Å². The van der Waals surface area contributed by atoms with Crippen molar-refractivity contribution in [1.82, 2.24) is 0 Å². The van der Waals surface area contributed by atoms with Crippen molar-refractivity contribution in [2.24, 2.45) is 5.73 Å². The average molecular weight is 347 g/mol. The Bertz CT molecular complexity index is 1110. The Balaban J connectivity index is 2.09. The third-order valence-electron chi connectivity index (χ3n) is 4.28. The zero-order valence-corrected chi connectivity index (χ0v) is 14.6. The molecule has 0 saturated carbocycles. The number of fused-ring (bicyclic) bond motifs is 1. The number of thiophene rings is 1. The first-order valence-corrected chi connectivity index (χ1v) is 8.91. The van der Waals surface area contributed by atoms with Crippen LogP contribution in [-0.4, -0.2) is 0 Å². The van der Waals surface area contributed by atoms with Crippen LogP contribution in [0.4, 0.5) is 0 Å². The zero-order chi connectivity index (χ0) is 17.4. The fourth-order valence-electron chi connectivity index (χ4n) is 3.05. The highest BCUT2D eigenvalue weighted by Gasteiger charge is 2.19. The van der Waals surface area contributed by atoms with Crippen LogP contribution in [0.2, 0.25) is 0 Å². The van der Waals surface area contributed by atoms with Crippen LogP contribution in [0.15, 0.2) is 69.9 Å². The molecule has 4 aromatic rings. The predicted molar refractivity (Wildman–Crippen MR) is 104 cm³/mol. The van der Waals surface area contributed by atoms with E-state index >= 15 is 0 Å². The highest BCUT2D eigenvalue weighted by Crippen LogP contribution is 2.38. The van der Waals surface area contributed by atoms with Crippen LogP contribution in [0.5, 0.6) is 0 Å².